The molecule has 0 spiro atoms. The summed E-state index contributed by atoms with van der Waals surface area (Å²) in [7, 11) is -0.0791. The zero-order valence-electron chi connectivity index (χ0n) is 22.5. The first-order valence-corrected chi connectivity index (χ1v) is 14.7. The molecule has 4 rings (SSSR count). The van der Waals surface area contributed by atoms with Crippen molar-refractivity contribution in [1.29, 1.82) is 0 Å². The van der Waals surface area contributed by atoms with E-state index in [2.05, 4.69) is 56.6 Å². The number of rotatable bonds is 11. The molecule has 38 heavy (non-hydrogen) atoms. The third-order valence-corrected chi connectivity index (χ3v) is 8.62. The van der Waals surface area contributed by atoms with Crippen LogP contribution in [0.4, 0.5) is 17.5 Å². The molecule has 10 nitrogen and oxygen atoms in total. The van der Waals surface area contributed by atoms with Crippen LogP contribution in [0.1, 0.15) is 43.7 Å². The Morgan fingerprint density at radius 2 is 2.05 bits per heavy atom. The quantitative estimate of drug-likeness (QED) is 0.347. The van der Waals surface area contributed by atoms with Gasteiger partial charge < -0.3 is 26.0 Å². The van der Waals surface area contributed by atoms with Crippen LogP contribution in [0.25, 0.3) is 0 Å². The van der Waals surface area contributed by atoms with Gasteiger partial charge in [-0.05, 0) is 56.0 Å². The van der Waals surface area contributed by atoms with E-state index in [9.17, 15) is 8.42 Å². The molecule has 0 bridgehead atoms. The standard InChI is InChI=1S/C26H36ClN7O3S/c1-15(2)14-38(35,36)24(28)22(11-29-4)31-25-20(27)10-30-26(33-25)32-21-8-16(3)19(17-12-34(5)13-17)9-23(21)37-18-6-7-18/h8-11,15,17-18H,6-7,12-14,28H2,1-5H3,(H2,30,31,32,33). The Hall–Kier alpha value is -2.89. The maximum atomic E-state index is 12.7. The highest BCUT2D eigenvalue weighted by atomic mass is 35.5. The number of sulfone groups is 1. The summed E-state index contributed by atoms with van der Waals surface area (Å²) < 4.78 is 31.7. The van der Waals surface area contributed by atoms with E-state index in [4.69, 9.17) is 22.1 Å². The van der Waals surface area contributed by atoms with Gasteiger partial charge in [0.2, 0.25) is 5.95 Å². The highest BCUT2D eigenvalue weighted by Gasteiger charge is 2.29. The lowest BCUT2D eigenvalue weighted by atomic mass is 9.88. The molecule has 1 saturated heterocycles. The number of aromatic nitrogens is 2. The third-order valence-electron chi connectivity index (χ3n) is 6.35. The minimum absolute atomic E-state index is 0.0862. The maximum Gasteiger partial charge on any atom is 0.229 e. The number of hydrogen-bond donors (Lipinski definition) is 3. The summed E-state index contributed by atoms with van der Waals surface area (Å²) in [6, 6.07) is 4.18. The van der Waals surface area contributed by atoms with E-state index in [1.807, 2.05) is 13.8 Å². The zero-order chi connectivity index (χ0) is 27.6. The van der Waals surface area contributed by atoms with Crippen LogP contribution in [-0.2, 0) is 9.84 Å². The van der Waals surface area contributed by atoms with E-state index in [-0.39, 0.29) is 45.3 Å². The van der Waals surface area contributed by atoms with Gasteiger partial charge in [-0.3, -0.25) is 4.99 Å². The number of allylic oxidation sites excluding steroid dienone is 1. The molecule has 1 aliphatic carbocycles. The first-order valence-electron chi connectivity index (χ1n) is 12.7. The average molecular weight is 562 g/mol. The van der Waals surface area contributed by atoms with Gasteiger partial charge in [0.15, 0.2) is 20.7 Å². The fourth-order valence-electron chi connectivity index (χ4n) is 4.35. The van der Waals surface area contributed by atoms with Gasteiger partial charge in [0.05, 0.1) is 29.4 Å². The molecule has 2 aliphatic rings. The lowest BCUT2D eigenvalue weighted by Gasteiger charge is -2.37. The van der Waals surface area contributed by atoms with E-state index in [0.29, 0.717) is 5.92 Å². The Kier molecular flexibility index (Phi) is 8.49. The van der Waals surface area contributed by atoms with Gasteiger partial charge in [0, 0.05) is 32.3 Å². The summed E-state index contributed by atoms with van der Waals surface area (Å²) >= 11 is 6.37. The van der Waals surface area contributed by atoms with Crippen molar-refractivity contribution in [3.63, 3.8) is 0 Å². The number of likely N-dealkylation sites (tertiary alicyclic amines) is 1. The van der Waals surface area contributed by atoms with Gasteiger partial charge >= 0.3 is 0 Å². The number of nitrogens with one attached hydrogen (secondary N) is 2. The number of aryl methyl sites for hydroxylation is 1. The number of halogens is 1. The van der Waals surface area contributed by atoms with Gasteiger partial charge in [-0.1, -0.05) is 25.4 Å². The number of hydrogen-bond acceptors (Lipinski definition) is 10. The summed E-state index contributed by atoms with van der Waals surface area (Å²) in [4.78, 5) is 15.1. The van der Waals surface area contributed by atoms with Crippen molar-refractivity contribution < 1.29 is 13.2 Å². The fraction of sp³-hybridized carbons (Fsp3) is 0.500. The van der Waals surface area contributed by atoms with Gasteiger partial charge in [-0.2, -0.15) is 4.98 Å². The SMILES string of the molecule is CN=CC(Nc1nc(Nc2cc(C)c(C3CN(C)C3)cc2OC2CC2)ncc1Cl)=C(N)S(=O)(=O)CC(C)C. The molecule has 2 aromatic rings. The molecule has 2 heterocycles. The van der Waals surface area contributed by atoms with Crippen LogP contribution >= 0.6 is 11.6 Å². The number of nitrogens with zero attached hydrogens (tertiary/aromatic N) is 4. The summed E-state index contributed by atoms with van der Waals surface area (Å²) in [5, 5.41) is 6.06. The molecule has 0 unspecified atom stereocenters. The van der Waals surface area contributed by atoms with E-state index >= 15 is 0 Å². The minimum atomic E-state index is -3.72. The molecule has 12 heteroatoms. The smallest absolute Gasteiger partial charge is 0.229 e. The predicted octanol–water partition coefficient (Wildman–Crippen LogP) is 4.06. The molecular weight excluding hydrogens is 526 g/mol. The van der Waals surface area contributed by atoms with Gasteiger partial charge in [0.25, 0.3) is 0 Å². The van der Waals surface area contributed by atoms with Crippen LogP contribution in [0.15, 0.2) is 34.0 Å². The highest BCUT2D eigenvalue weighted by molar-refractivity contribution is 7.95. The molecule has 0 radical (unpaired) electrons. The van der Waals surface area contributed by atoms with Crippen LogP contribution in [0.2, 0.25) is 5.02 Å². The topological polar surface area (TPSA) is 135 Å². The number of nitrogens with two attached hydrogens (primary N) is 1. The second kappa shape index (κ2) is 11.5. The molecule has 1 aliphatic heterocycles. The second-order valence-electron chi connectivity index (χ2n) is 10.4. The highest BCUT2D eigenvalue weighted by Crippen LogP contribution is 2.39. The van der Waals surface area contributed by atoms with Crippen molar-refractivity contribution in [2.45, 2.75) is 45.6 Å². The predicted molar refractivity (Wildman–Crippen MR) is 153 cm³/mol. The summed E-state index contributed by atoms with van der Waals surface area (Å²) in [6.45, 7) is 7.77. The average Bonchev–Trinajstić information content (AvgIpc) is 3.63. The van der Waals surface area contributed by atoms with E-state index in [1.54, 1.807) is 0 Å². The molecule has 1 aromatic heterocycles. The van der Waals surface area contributed by atoms with Crippen LogP contribution in [0.3, 0.4) is 0 Å². The normalized spacial score (nSPS) is 17.4. The van der Waals surface area contributed by atoms with Crippen molar-refractivity contribution in [2.24, 2.45) is 16.6 Å². The number of aliphatic imine (C=N–C) groups is 1. The van der Waals surface area contributed by atoms with Crippen molar-refractivity contribution in [1.82, 2.24) is 14.9 Å². The van der Waals surface area contributed by atoms with Gasteiger partial charge in [0.1, 0.15) is 10.8 Å². The maximum absolute atomic E-state index is 12.7. The van der Waals surface area contributed by atoms with Crippen molar-refractivity contribution >= 4 is 45.1 Å². The molecule has 2 fully saturated rings. The molecule has 0 atom stereocenters. The van der Waals surface area contributed by atoms with E-state index in [0.717, 1.165) is 42.9 Å². The lowest BCUT2D eigenvalue weighted by molar-refractivity contribution is 0.189. The van der Waals surface area contributed by atoms with Crippen molar-refractivity contribution in [3.05, 3.63) is 45.2 Å². The van der Waals surface area contributed by atoms with Crippen molar-refractivity contribution in [3.8, 4) is 5.75 Å². The molecular formula is C26H36ClN7O3S. The Bertz CT molecular complexity index is 1350. The molecule has 1 aromatic carbocycles. The molecule has 4 N–H and O–H groups in total. The summed E-state index contributed by atoms with van der Waals surface area (Å²) in [5.41, 5.74) is 9.35. The molecule has 0 amide bonds. The van der Waals surface area contributed by atoms with Crippen LogP contribution < -0.4 is 21.1 Å². The third kappa shape index (κ3) is 6.75. The second-order valence-corrected chi connectivity index (χ2v) is 12.8. The zero-order valence-corrected chi connectivity index (χ0v) is 24.0. The summed E-state index contributed by atoms with van der Waals surface area (Å²) in [5.74, 6) is 1.52. The Morgan fingerprint density at radius 3 is 2.66 bits per heavy atom. The molecule has 1 saturated carbocycles. The van der Waals surface area contributed by atoms with Gasteiger partial charge in [-0.25, -0.2) is 13.4 Å². The van der Waals surface area contributed by atoms with Gasteiger partial charge in [-0.15, -0.1) is 0 Å². The largest absolute Gasteiger partial charge is 0.488 e. The fourth-order valence-corrected chi connectivity index (χ4v) is 5.98. The Labute approximate surface area is 229 Å². The van der Waals surface area contributed by atoms with Crippen LogP contribution in [0.5, 0.6) is 5.75 Å². The van der Waals surface area contributed by atoms with E-state index < -0.39 is 9.84 Å². The number of likely N-dealkylation sites (N-methyl/N-ethyl adjacent to an activating group) is 1. The minimum Gasteiger partial charge on any atom is -0.488 e. The van der Waals surface area contributed by atoms with Crippen LogP contribution in [0, 0.1) is 12.8 Å². The molecule has 206 valence electrons. The number of ether oxygens (including phenoxy) is 1. The Balaban J connectivity index is 1.63. The number of anilines is 3. The van der Waals surface area contributed by atoms with Crippen molar-refractivity contribution in [2.75, 3.05) is 43.6 Å². The first kappa shape index (κ1) is 28.1. The first-order chi connectivity index (χ1) is 18.0. The number of benzene rings is 1. The van der Waals surface area contributed by atoms with E-state index in [1.165, 1.54) is 25.0 Å². The monoisotopic (exact) mass is 561 g/mol. The lowest BCUT2D eigenvalue weighted by Crippen LogP contribution is -2.42. The summed E-state index contributed by atoms with van der Waals surface area (Å²) in [6.07, 6.45) is 5.06. The van der Waals surface area contributed by atoms with Crippen LogP contribution in [-0.4, -0.2) is 68.5 Å². The Morgan fingerprint density at radius 1 is 1.34 bits per heavy atom.